The van der Waals surface area contributed by atoms with Crippen molar-refractivity contribution in [2.45, 2.75) is 9.79 Å². The van der Waals surface area contributed by atoms with Crippen LogP contribution in [0.3, 0.4) is 0 Å². The van der Waals surface area contributed by atoms with Crippen LogP contribution in [-0.4, -0.2) is 30.9 Å². The highest BCUT2D eigenvalue weighted by Gasteiger charge is 2.14. The Morgan fingerprint density at radius 1 is 0.833 bits per heavy atom. The van der Waals surface area contributed by atoms with Gasteiger partial charge in [-0.1, -0.05) is 17.4 Å². The number of rotatable bonds is 4. The Bertz CT molecular complexity index is 1560. The highest BCUT2D eigenvalue weighted by Crippen LogP contribution is 2.35. The Morgan fingerprint density at radius 3 is 2.20 bits per heavy atom. The van der Waals surface area contributed by atoms with Crippen molar-refractivity contribution in [1.29, 1.82) is 0 Å². The lowest BCUT2D eigenvalue weighted by Crippen LogP contribution is -1.98. The van der Waals surface area contributed by atoms with E-state index in [-0.39, 0.29) is 14.9 Å². The number of benzene rings is 3. The molecule has 0 amide bonds. The minimum absolute atomic E-state index is 0.247. The lowest BCUT2D eigenvalue weighted by atomic mass is 10.1. The maximum absolute atomic E-state index is 11.4. The Hall–Kier alpha value is -2.97. The van der Waals surface area contributed by atoms with Crippen LogP contribution in [0.5, 0.6) is 0 Å². The number of aromatic nitrogens is 1. The Labute approximate surface area is 174 Å². The van der Waals surface area contributed by atoms with Gasteiger partial charge in [0, 0.05) is 16.5 Å². The van der Waals surface area contributed by atoms with Gasteiger partial charge in [0.1, 0.15) is 0 Å². The first-order chi connectivity index (χ1) is 14.0. The molecular weight excluding hydrogens is 452 g/mol. The molecule has 4 aromatic rings. The second kappa shape index (κ2) is 7.07. The zero-order chi connectivity index (χ0) is 21.7. The van der Waals surface area contributed by atoms with E-state index in [2.05, 4.69) is 15.2 Å². The van der Waals surface area contributed by atoms with Crippen LogP contribution in [0.25, 0.3) is 21.0 Å². The molecule has 0 atom stereocenters. The molecule has 4 rings (SSSR count). The molecule has 13 heteroatoms. The first-order valence-electron chi connectivity index (χ1n) is 8.12. The first-order valence-corrected chi connectivity index (χ1v) is 11.8. The molecule has 0 unspecified atom stereocenters. The summed E-state index contributed by atoms with van der Waals surface area (Å²) in [6, 6.07) is 11.0. The van der Waals surface area contributed by atoms with Gasteiger partial charge in [0.15, 0.2) is 0 Å². The zero-order valence-electron chi connectivity index (χ0n) is 14.8. The number of azo groups is 1. The molecule has 0 saturated heterocycles. The van der Waals surface area contributed by atoms with E-state index in [1.807, 2.05) is 0 Å². The summed E-state index contributed by atoms with van der Waals surface area (Å²) in [4.78, 5) is 3.70. The number of hydrogen-bond donors (Lipinski definition) is 3. The van der Waals surface area contributed by atoms with E-state index in [9.17, 15) is 21.4 Å². The summed E-state index contributed by atoms with van der Waals surface area (Å²) < 4.78 is 64.1. The third kappa shape index (κ3) is 3.88. The lowest BCUT2D eigenvalue weighted by molar-refractivity contribution is 0.481. The average molecular weight is 465 g/mol. The summed E-state index contributed by atoms with van der Waals surface area (Å²) >= 11 is 1.08. The average Bonchev–Trinajstić information content (AvgIpc) is 3.08. The number of nitrogens with two attached hydrogens (primary N) is 1. The van der Waals surface area contributed by atoms with Gasteiger partial charge in [0.05, 0.1) is 25.7 Å². The quantitative estimate of drug-likeness (QED) is 0.231. The molecule has 4 N–H and O–H groups in total. The highest BCUT2D eigenvalue weighted by molar-refractivity contribution is 7.86. The smallest absolute Gasteiger partial charge is 0.294 e. The maximum atomic E-state index is 11.4. The fourth-order valence-electron chi connectivity index (χ4n) is 2.77. The predicted octanol–water partition coefficient (Wildman–Crippen LogP) is 3.94. The van der Waals surface area contributed by atoms with Crippen molar-refractivity contribution in [2.24, 2.45) is 10.2 Å². The minimum Gasteiger partial charge on any atom is -0.398 e. The van der Waals surface area contributed by atoms with Crippen LogP contribution in [0, 0.1) is 0 Å². The largest absolute Gasteiger partial charge is 0.398 e. The standard InChI is InChI=1S/C17H12N4O6S3/c18-13-4-6-14(11-3-1-9(7-12(11)13)29(22,23)24)20-21-17-19-15-5-2-10(30(25,26)27)8-16(15)28-17/h1-8H,18H2,(H,22,23,24)(H,25,26,27). The SMILES string of the molecule is Nc1ccc(N=Nc2nc3ccc(S(=O)(=O)O)cc3s2)c2ccc(S(=O)(=O)O)cc12. The van der Waals surface area contributed by atoms with E-state index in [0.29, 0.717) is 32.4 Å². The first kappa shape index (κ1) is 20.3. The molecular formula is C17H12N4O6S3. The van der Waals surface area contributed by atoms with E-state index in [1.54, 1.807) is 6.07 Å². The normalized spacial score (nSPS) is 12.9. The second-order valence-electron chi connectivity index (χ2n) is 6.16. The van der Waals surface area contributed by atoms with Gasteiger partial charge in [-0.3, -0.25) is 9.11 Å². The van der Waals surface area contributed by atoms with Crippen LogP contribution in [0.4, 0.5) is 16.5 Å². The summed E-state index contributed by atoms with van der Waals surface area (Å²) in [5.41, 5.74) is 7.09. The van der Waals surface area contributed by atoms with Crippen molar-refractivity contribution < 1.29 is 25.9 Å². The van der Waals surface area contributed by atoms with Crippen LogP contribution in [0.15, 0.2) is 68.6 Å². The molecule has 0 radical (unpaired) electrons. The Kier molecular flexibility index (Phi) is 4.79. The molecule has 0 aliphatic heterocycles. The number of nitrogens with zero attached hydrogens (tertiary/aromatic N) is 3. The Morgan fingerprint density at radius 2 is 1.50 bits per heavy atom. The van der Waals surface area contributed by atoms with E-state index < -0.39 is 20.2 Å². The molecule has 0 aliphatic carbocycles. The minimum atomic E-state index is -4.39. The van der Waals surface area contributed by atoms with Gasteiger partial charge >= 0.3 is 0 Å². The molecule has 1 aromatic heterocycles. The van der Waals surface area contributed by atoms with E-state index >= 15 is 0 Å². The van der Waals surface area contributed by atoms with Crippen molar-refractivity contribution in [3.8, 4) is 0 Å². The van der Waals surface area contributed by atoms with E-state index in [1.165, 1.54) is 42.5 Å². The molecule has 0 saturated carbocycles. The van der Waals surface area contributed by atoms with Crippen LogP contribution >= 0.6 is 11.3 Å². The fourth-order valence-corrected chi connectivity index (χ4v) is 4.69. The van der Waals surface area contributed by atoms with Gasteiger partial charge in [0.25, 0.3) is 20.2 Å². The highest BCUT2D eigenvalue weighted by atomic mass is 32.2. The summed E-state index contributed by atoms with van der Waals surface area (Å²) in [7, 11) is -8.72. The summed E-state index contributed by atoms with van der Waals surface area (Å²) in [6.45, 7) is 0. The summed E-state index contributed by atoms with van der Waals surface area (Å²) in [6.07, 6.45) is 0. The zero-order valence-corrected chi connectivity index (χ0v) is 17.2. The molecule has 3 aromatic carbocycles. The molecule has 154 valence electrons. The predicted molar refractivity (Wildman–Crippen MR) is 112 cm³/mol. The molecule has 0 bridgehead atoms. The van der Waals surface area contributed by atoms with Crippen LogP contribution in [0.1, 0.15) is 0 Å². The lowest BCUT2D eigenvalue weighted by Gasteiger charge is -2.06. The van der Waals surface area contributed by atoms with Crippen molar-refractivity contribution in [1.82, 2.24) is 4.98 Å². The number of anilines is 1. The van der Waals surface area contributed by atoms with Crippen molar-refractivity contribution in [3.63, 3.8) is 0 Å². The van der Waals surface area contributed by atoms with Gasteiger partial charge in [-0.25, -0.2) is 4.98 Å². The monoisotopic (exact) mass is 464 g/mol. The van der Waals surface area contributed by atoms with Crippen LogP contribution in [0.2, 0.25) is 0 Å². The van der Waals surface area contributed by atoms with Gasteiger partial charge < -0.3 is 5.73 Å². The molecule has 0 spiro atoms. The number of hydrogen-bond acceptors (Lipinski definition) is 9. The third-order valence-electron chi connectivity index (χ3n) is 4.19. The molecule has 0 aliphatic rings. The fraction of sp³-hybridized carbons (Fsp3) is 0. The van der Waals surface area contributed by atoms with Crippen molar-refractivity contribution in [3.05, 3.63) is 48.5 Å². The van der Waals surface area contributed by atoms with Gasteiger partial charge in [0.2, 0.25) is 5.13 Å². The molecule has 30 heavy (non-hydrogen) atoms. The van der Waals surface area contributed by atoms with Crippen molar-refractivity contribution >= 4 is 69.1 Å². The maximum Gasteiger partial charge on any atom is 0.294 e. The number of fused-ring (bicyclic) bond motifs is 2. The number of thiazole rings is 1. The summed E-state index contributed by atoms with van der Waals surface area (Å²) in [5.74, 6) is 0. The molecule has 0 fully saturated rings. The summed E-state index contributed by atoms with van der Waals surface area (Å²) in [5, 5.41) is 9.35. The van der Waals surface area contributed by atoms with Gasteiger partial charge in [-0.2, -0.15) is 16.8 Å². The van der Waals surface area contributed by atoms with Crippen LogP contribution in [-0.2, 0) is 20.2 Å². The second-order valence-corrected chi connectivity index (χ2v) is 10.0. The third-order valence-corrected chi connectivity index (χ3v) is 6.79. The van der Waals surface area contributed by atoms with Gasteiger partial charge in [-0.15, -0.1) is 10.2 Å². The number of nitrogen functional groups attached to an aromatic ring is 1. The molecule has 10 nitrogen and oxygen atoms in total. The van der Waals surface area contributed by atoms with E-state index in [0.717, 1.165) is 11.3 Å². The van der Waals surface area contributed by atoms with Crippen molar-refractivity contribution in [2.75, 3.05) is 5.73 Å². The van der Waals surface area contributed by atoms with Gasteiger partial charge in [-0.05, 0) is 42.5 Å². The topological polar surface area (TPSA) is 172 Å². The molecule has 1 heterocycles. The Balaban J connectivity index is 1.76. The van der Waals surface area contributed by atoms with Crippen LogP contribution < -0.4 is 5.73 Å². The van der Waals surface area contributed by atoms with E-state index in [4.69, 9.17) is 10.3 Å².